The first kappa shape index (κ1) is 11.9. The molecule has 3 nitrogen and oxygen atoms in total. The fraction of sp³-hybridized carbons (Fsp3) is 0.188. The molecule has 0 spiro atoms. The molecule has 0 saturated carbocycles. The van der Waals surface area contributed by atoms with E-state index in [2.05, 4.69) is 53.0 Å². The summed E-state index contributed by atoms with van der Waals surface area (Å²) in [7, 11) is 3.92. The minimum absolute atomic E-state index is 0.883. The fourth-order valence-electron chi connectivity index (χ4n) is 2.52. The van der Waals surface area contributed by atoms with Crippen LogP contribution in [-0.2, 0) is 13.6 Å². The highest BCUT2D eigenvalue weighted by atomic mass is 15.2. The zero-order valence-corrected chi connectivity index (χ0v) is 11.2. The van der Waals surface area contributed by atoms with Crippen molar-refractivity contribution >= 4 is 10.8 Å². The van der Waals surface area contributed by atoms with E-state index in [1.54, 1.807) is 0 Å². The van der Waals surface area contributed by atoms with Crippen LogP contribution in [-0.4, -0.2) is 16.8 Å². The van der Waals surface area contributed by atoms with E-state index in [0.717, 1.165) is 12.1 Å². The Labute approximate surface area is 112 Å². The number of nitrogens with zero attached hydrogens (tertiary/aromatic N) is 2. The van der Waals surface area contributed by atoms with Gasteiger partial charge in [0.05, 0.1) is 6.20 Å². The van der Waals surface area contributed by atoms with Crippen LogP contribution in [0, 0.1) is 0 Å². The van der Waals surface area contributed by atoms with E-state index < -0.39 is 0 Å². The highest BCUT2D eigenvalue weighted by molar-refractivity contribution is 5.98. The van der Waals surface area contributed by atoms with Gasteiger partial charge in [0.25, 0.3) is 0 Å². The van der Waals surface area contributed by atoms with E-state index in [1.807, 2.05) is 25.0 Å². The second-order valence-electron chi connectivity index (χ2n) is 4.75. The van der Waals surface area contributed by atoms with Gasteiger partial charge in [0.1, 0.15) is 0 Å². The number of rotatable bonds is 3. The first-order chi connectivity index (χ1) is 9.29. The topological polar surface area (TPSA) is 29.9 Å². The van der Waals surface area contributed by atoms with Gasteiger partial charge in [-0.1, -0.05) is 36.4 Å². The van der Waals surface area contributed by atoms with Crippen LogP contribution in [0.1, 0.15) is 5.56 Å². The molecule has 0 saturated heterocycles. The Morgan fingerprint density at radius 2 is 1.89 bits per heavy atom. The molecule has 0 unspecified atom stereocenters. The van der Waals surface area contributed by atoms with Crippen molar-refractivity contribution in [2.45, 2.75) is 6.54 Å². The number of hydrogen-bond acceptors (Lipinski definition) is 2. The summed E-state index contributed by atoms with van der Waals surface area (Å²) in [6.07, 6.45) is 3.97. The molecular weight excluding hydrogens is 234 g/mol. The first-order valence-corrected chi connectivity index (χ1v) is 6.44. The summed E-state index contributed by atoms with van der Waals surface area (Å²) < 4.78 is 1.84. The largest absolute Gasteiger partial charge is 0.316 e. The standard InChI is InChI=1S/C16H17N3/c1-17-9-12-7-8-15(13-10-18-19(2)11-13)16-6-4-3-5-14(12)16/h3-8,10-11,17H,9H2,1-2H3. The van der Waals surface area contributed by atoms with Crippen LogP contribution >= 0.6 is 0 Å². The van der Waals surface area contributed by atoms with Gasteiger partial charge in [0, 0.05) is 25.4 Å². The van der Waals surface area contributed by atoms with Gasteiger partial charge in [-0.15, -0.1) is 0 Å². The van der Waals surface area contributed by atoms with Crippen LogP contribution in [0.5, 0.6) is 0 Å². The molecule has 1 aromatic heterocycles. The highest BCUT2D eigenvalue weighted by Crippen LogP contribution is 2.30. The maximum atomic E-state index is 4.26. The molecule has 96 valence electrons. The molecule has 0 atom stereocenters. The van der Waals surface area contributed by atoms with Crippen LogP contribution in [0.25, 0.3) is 21.9 Å². The van der Waals surface area contributed by atoms with Gasteiger partial charge < -0.3 is 5.32 Å². The molecule has 1 heterocycles. The molecule has 3 heteroatoms. The number of aryl methyl sites for hydroxylation is 1. The van der Waals surface area contributed by atoms with E-state index in [1.165, 1.54) is 21.9 Å². The van der Waals surface area contributed by atoms with Gasteiger partial charge in [-0.05, 0) is 28.9 Å². The molecule has 19 heavy (non-hydrogen) atoms. The minimum Gasteiger partial charge on any atom is -0.316 e. The summed E-state index contributed by atoms with van der Waals surface area (Å²) in [4.78, 5) is 0. The first-order valence-electron chi connectivity index (χ1n) is 6.44. The maximum absolute atomic E-state index is 4.26. The van der Waals surface area contributed by atoms with E-state index >= 15 is 0 Å². The van der Waals surface area contributed by atoms with Gasteiger partial charge in [-0.25, -0.2) is 0 Å². The normalized spacial score (nSPS) is 11.1. The van der Waals surface area contributed by atoms with Gasteiger partial charge in [-0.3, -0.25) is 4.68 Å². The van der Waals surface area contributed by atoms with Crippen molar-refractivity contribution < 1.29 is 0 Å². The lowest BCUT2D eigenvalue weighted by Crippen LogP contribution is -2.05. The molecule has 2 aromatic carbocycles. The van der Waals surface area contributed by atoms with Crippen molar-refractivity contribution in [2.75, 3.05) is 7.05 Å². The summed E-state index contributed by atoms with van der Waals surface area (Å²) in [6.45, 7) is 0.883. The maximum Gasteiger partial charge on any atom is 0.0568 e. The summed E-state index contributed by atoms with van der Waals surface area (Å²) in [6, 6.07) is 12.9. The van der Waals surface area contributed by atoms with Crippen molar-refractivity contribution in [3.63, 3.8) is 0 Å². The summed E-state index contributed by atoms with van der Waals surface area (Å²) >= 11 is 0. The number of nitrogens with one attached hydrogen (secondary N) is 1. The van der Waals surface area contributed by atoms with Crippen LogP contribution in [0.3, 0.4) is 0 Å². The van der Waals surface area contributed by atoms with Crippen molar-refractivity contribution in [3.05, 3.63) is 54.4 Å². The van der Waals surface area contributed by atoms with Crippen LogP contribution in [0.4, 0.5) is 0 Å². The van der Waals surface area contributed by atoms with Crippen LogP contribution in [0.2, 0.25) is 0 Å². The molecule has 3 aromatic rings. The number of hydrogen-bond donors (Lipinski definition) is 1. The van der Waals surface area contributed by atoms with E-state index in [4.69, 9.17) is 0 Å². The Bertz CT molecular complexity index is 713. The molecule has 1 N–H and O–H groups in total. The lowest BCUT2D eigenvalue weighted by Gasteiger charge is -2.10. The molecule has 0 aliphatic carbocycles. The lowest BCUT2D eigenvalue weighted by molar-refractivity contribution is 0.768. The number of benzene rings is 2. The zero-order valence-electron chi connectivity index (χ0n) is 11.2. The Morgan fingerprint density at radius 1 is 1.11 bits per heavy atom. The van der Waals surface area contributed by atoms with Crippen LogP contribution < -0.4 is 5.32 Å². The Hall–Kier alpha value is -2.13. The predicted molar refractivity (Wildman–Crippen MR) is 78.9 cm³/mol. The second-order valence-corrected chi connectivity index (χ2v) is 4.75. The molecule has 0 amide bonds. The van der Waals surface area contributed by atoms with Gasteiger partial charge in [0.15, 0.2) is 0 Å². The van der Waals surface area contributed by atoms with E-state index in [0.29, 0.717) is 0 Å². The van der Waals surface area contributed by atoms with Gasteiger partial charge >= 0.3 is 0 Å². The molecule has 0 radical (unpaired) electrons. The summed E-state index contributed by atoms with van der Waals surface area (Å²) in [5.74, 6) is 0. The van der Waals surface area contributed by atoms with Crippen LogP contribution in [0.15, 0.2) is 48.8 Å². The molecular formula is C16H17N3. The van der Waals surface area contributed by atoms with E-state index in [-0.39, 0.29) is 0 Å². The van der Waals surface area contributed by atoms with Crippen molar-refractivity contribution in [1.82, 2.24) is 15.1 Å². The third-order valence-electron chi connectivity index (χ3n) is 3.40. The monoisotopic (exact) mass is 251 g/mol. The summed E-state index contributed by atoms with van der Waals surface area (Å²) in [5, 5.41) is 10.1. The Kier molecular flexibility index (Phi) is 3.05. The van der Waals surface area contributed by atoms with Gasteiger partial charge in [-0.2, -0.15) is 5.10 Å². The smallest absolute Gasteiger partial charge is 0.0568 e. The average Bonchev–Trinajstić information content (AvgIpc) is 2.86. The molecule has 0 fully saturated rings. The molecule has 0 bridgehead atoms. The van der Waals surface area contributed by atoms with Crippen molar-refractivity contribution in [3.8, 4) is 11.1 Å². The zero-order chi connectivity index (χ0) is 13.2. The second kappa shape index (κ2) is 4.86. The molecule has 0 aliphatic rings. The van der Waals surface area contributed by atoms with E-state index in [9.17, 15) is 0 Å². The highest BCUT2D eigenvalue weighted by Gasteiger charge is 2.08. The fourth-order valence-corrected chi connectivity index (χ4v) is 2.52. The van der Waals surface area contributed by atoms with Crippen molar-refractivity contribution in [2.24, 2.45) is 7.05 Å². The molecule has 0 aliphatic heterocycles. The number of aromatic nitrogens is 2. The third kappa shape index (κ3) is 2.13. The third-order valence-corrected chi connectivity index (χ3v) is 3.40. The molecule has 3 rings (SSSR count). The van der Waals surface area contributed by atoms with Gasteiger partial charge in [0.2, 0.25) is 0 Å². The predicted octanol–water partition coefficient (Wildman–Crippen LogP) is 2.96. The Balaban J connectivity index is 2.24. The quantitative estimate of drug-likeness (QED) is 0.775. The SMILES string of the molecule is CNCc1ccc(-c2cnn(C)c2)c2ccccc12. The Morgan fingerprint density at radius 3 is 2.58 bits per heavy atom. The van der Waals surface area contributed by atoms with Crippen molar-refractivity contribution in [1.29, 1.82) is 0 Å². The average molecular weight is 251 g/mol. The number of fused-ring (bicyclic) bond motifs is 1. The minimum atomic E-state index is 0.883. The lowest BCUT2D eigenvalue weighted by atomic mass is 9.96. The summed E-state index contributed by atoms with van der Waals surface area (Å²) in [5.41, 5.74) is 3.73.